The molecule has 0 aliphatic heterocycles. The number of hydrogen-bond donors (Lipinski definition) is 2. The number of hydrogen-bond acceptors (Lipinski definition) is 5. The molecule has 0 aromatic carbocycles. The summed E-state index contributed by atoms with van der Waals surface area (Å²) in [6.07, 6.45) is 12.3. The van der Waals surface area contributed by atoms with Crippen molar-refractivity contribution >= 4 is 12.1 Å². The van der Waals surface area contributed by atoms with Crippen molar-refractivity contribution in [2.45, 2.75) is 32.6 Å². The Kier molecular flexibility index (Phi) is 9.37. The van der Waals surface area contributed by atoms with E-state index in [2.05, 4.69) is 43.3 Å². The highest BCUT2D eigenvalue weighted by atomic mass is 16.6. The number of carbonyl (C=O) groups excluding carboxylic acids is 2. The van der Waals surface area contributed by atoms with E-state index in [1.807, 2.05) is 6.08 Å². The maximum Gasteiger partial charge on any atom is 0.409 e. The van der Waals surface area contributed by atoms with Gasteiger partial charge in [-0.1, -0.05) is 30.9 Å². The number of alkyl carbamates (subject to hydrolysis) is 1. The Morgan fingerprint density at radius 3 is 2.33 bits per heavy atom. The molecule has 2 aliphatic rings. The second-order valence-corrected chi connectivity index (χ2v) is 8.53. The van der Waals surface area contributed by atoms with Crippen molar-refractivity contribution in [3.05, 3.63) is 49.6 Å². The molecule has 1 amide bonds. The Balaban J connectivity index is 1.78. The van der Waals surface area contributed by atoms with Crippen LogP contribution in [0, 0.1) is 35.5 Å². The number of allylic oxidation sites excluding steroid dienone is 4. The molecule has 166 valence electrons. The van der Waals surface area contributed by atoms with Gasteiger partial charge in [0.15, 0.2) is 6.73 Å². The van der Waals surface area contributed by atoms with Gasteiger partial charge in [-0.25, -0.2) is 9.59 Å². The zero-order valence-corrected chi connectivity index (χ0v) is 18.1. The topological polar surface area (TPSA) is 90.6 Å². The standard InChI is InChI=1S/C24H36N2O4/c1-5-17-9-20(21(10-17)13-25)8-7-18-11-19(6-2)22(12-18)14-29-24(28)26-15-30-23(27)16(3)4/h5-8,17-22H,1-3,9-15,25H2,4H3,(H,26,28). The van der Waals surface area contributed by atoms with Gasteiger partial charge in [0.2, 0.25) is 0 Å². The van der Waals surface area contributed by atoms with Crippen LogP contribution in [0.3, 0.4) is 0 Å². The van der Waals surface area contributed by atoms with Crippen LogP contribution in [0.25, 0.3) is 0 Å². The van der Waals surface area contributed by atoms with Gasteiger partial charge in [0, 0.05) is 11.5 Å². The van der Waals surface area contributed by atoms with E-state index in [9.17, 15) is 9.59 Å². The average molecular weight is 417 g/mol. The van der Waals surface area contributed by atoms with E-state index in [0.29, 0.717) is 42.7 Å². The lowest BCUT2D eigenvalue weighted by atomic mass is 9.93. The molecule has 0 aromatic heterocycles. The second kappa shape index (κ2) is 11.7. The molecule has 30 heavy (non-hydrogen) atoms. The fourth-order valence-electron chi connectivity index (χ4n) is 4.56. The maximum atomic E-state index is 11.8. The van der Waals surface area contributed by atoms with E-state index in [0.717, 1.165) is 25.7 Å². The van der Waals surface area contributed by atoms with Crippen LogP contribution in [0.15, 0.2) is 49.6 Å². The molecule has 2 fully saturated rings. The zero-order chi connectivity index (χ0) is 22.1. The summed E-state index contributed by atoms with van der Waals surface area (Å²) >= 11 is 0. The Morgan fingerprint density at radius 2 is 1.70 bits per heavy atom. The molecular formula is C24H36N2O4. The Hall–Kier alpha value is -2.34. The Labute approximate surface area is 180 Å². The molecule has 0 spiro atoms. The van der Waals surface area contributed by atoms with Crippen molar-refractivity contribution < 1.29 is 19.1 Å². The minimum atomic E-state index is -0.599. The molecule has 3 N–H and O–H groups in total. The molecule has 0 aromatic rings. The fraction of sp³-hybridized carbons (Fsp3) is 0.583. The first kappa shape index (κ1) is 23.9. The molecule has 0 radical (unpaired) electrons. The summed E-state index contributed by atoms with van der Waals surface area (Å²) in [5.74, 6) is 2.05. The first-order valence-corrected chi connectivity index (χ1v) is 10.7. The smallest absolute Gasteiger partial charge is 0.409 e. The minimum absolute atomic E-state index is 0.232. The van der Waals surface area contributed by atoms with E-state index in [1.54, 1.807) is 6.92 Å². The number of nitrogens with one attached hydrogen (secondary N) is 1. The van der Waals surface area contributed by atoms with Crippen LogP contribution >= 0.6 is 0 Å². The summed E-state index contributed by atoms with van der Waals surface area (Å²) < 4.78 is 10.2. The van der Waals surface area contributed by atoms with Gasteiger partial charge in [0.05, 0.1) is 6.61 Å². The van der Waals surface area contributed by atoms with Crippen molar-refractivity contribution in [2.24, 2.45) is 41.2 Å². The second-order valence-electron chi connectivity index (χ2n) is 8.53. The molecule has 2 rings (SSSR count). The van der Waals surface area contributed by atoms with Gasteiger partial charge < -0.3 is 15.2 Å². The van der Waals surface area contributed by atoms with Crippen molar-refractivity contribution in [3.63, 3.8) is 0 Å². The van der Waals surface area contributed by atoms with Crippen LogP contribution in [0.5, 0.6) is 0 Å². The predicted octanol–water partition coefficient (Wildman–Crippen LogP) is 3.96. The number of ether oxygens (including phenoxy) is 2. The Bertz CT molecular complexity index is 672. The van der Waals surface area contributed by atoms with E-state index < -0.39 is 12.1 Å². The lowest BCUT2D eigenvalue weighted by Gasteiger charge is -2.16. The first-order valence-electron chi connectivity index (χ1n) is 10.7. The van der Waals surface area contributed by atoms with Gasteiger partial charge in [-0.3, -0.25) is 5.32 Å². The van der Waals surface area contributed by atoms with Gasteiger partial charge >= 0.3 is 12.1 Å². The number of nitrogens with two attached hydrogens (primary N) is 1. The molecular weight excluding hydrogens is 380 g/mol. The SMILES string of the molecule is C=CC1CC(C=CC2CC(C=C)C(COC(=O)NCOC(=O)C(=C)C)C2)C(CN)C1. The summed E-state index contributed by atoms with van der Waals surface area (Å²) in [7, 11) is 0. The molecule has 0 bridgehead atoms. The van der Waals surface area contributed by atoms with Crippen molar-refractivity contribution in [1.82, 2.24) is 5.32 Å². The summed E-state index contributed by atoms with van der Waals surface area (Å²) in [5.41, 5.74) is 6.23. The van der Waals surface area contributed by atoms with E-state index >= 15 is 0 Å². The van der Waals surface area contributed by atoms with Gasteiger partial charge in [-0.15, -0.1) is 13.2 Å². The normalized spacial score (nSPS) is 30.7. The first-order chi connectivity index (χ1) is 14.4. The summed E-state index contributed by atoms with van der Waals surface area (Å²) in [4.78, 5) is 23.1. The molecule has 0 heterocycles. The molecule has 2 saturated carbocycles. The Morgan fingerprint density at radius 1 is 1.00 bits per heavy atom. The summed E-state index contributed by atoms with van der Waals surface area (Å²) in [6, 6.07) is 0. The van der Waals surface area contributed by atoms with Crippen LogP contribution < -0.4 is 11.1 Å². The highest BCUT2D eigenvalue weighted by molar-refractivity contribution is 5.87. The predicted molar refractivity (Wildman–Crippen MR) is 118 cm³/mol. The van der Waals surface area contributed by atoms with E-state index in [4.69, 9.17) is 15.2 Å². The zero-order valence-electron chi connectivity index (χ0n) is 18.1. The monoisotopic (exact) mass is 416 g/mol. The van der Waals surface area contributed by atoms with Gasteiger partial charge in [0.1, 0.15) is 0 Å². The van der Waals surface area contributed by atoms with Crippen molar-refractivity contribution in [3.8, 4) is 0 Å². The number of esters is 1. The third kappa shape index (κ3) is 6.87. The molecule has 6 nitrogen and oxygen atoms in total. The third-order valence-electron chi connectivity index (χ3n) is 6.34. The minimum Gasteiger partial charge on any atom is -0.449 e. The van der Waals surface area contributed by atoms with E-state index in [1.165, 1.54) is 0 Å². The van der Waals surface area contributed by atoms with Crippen LogP contribution in [-0.2, 0) is 14.3 Å². The van der Waals surface area contributed by atoms with Gasteiger partial charge in [-0.05, 0) is 68.7 Å². The van der Waals surface area contributed by atoms with Crippen LogP contribution in [0.2, 0.25) is 0 Å². The lowest BCUT2D eigenvalue weighted by Crippen LogP contribution is -2.30. The highest BCUT2D eigenvalue weighted by Gasteiger charge is 2.33. The highest BCUT2D eigenvalue weighted by Crippen LogP contribution is 2.41. The maximum absolute atomic E-state index is 11.8. The number of amides is 1. The third-order valence-corrected chi connectivity index (χ3v) is 6.34. The summed E-state index contributed by atoms with van der Waals surface area (Å²) in [5, 5.41) is 2.41. The van der Waals surface area contributed by atoms with Crippen molar-refractivity contribution in [2.75, 3.05) is 19.9 Å². The largest absolute Gasteiger partial charge is 0.449 e. The van der Waals surface area contributed by atoms with Crippen LogP contribution in [0.4, 0.5) is 4.79 Å². The van der Waals surface area contributed by atoms with E-state index in [-0.39, 0.29) is 18.2 Å². The number of rotatable bonds is 10. The lowest BCUT2D eigenvalue weighted by molar-refractivity contribution is -0.139. The van der Waals surface area contributed by atoms with Crippen LogP contribution in [-0.4, -0.2) is 31.9 Å². The molecule has 6 atom stereocenters. The van der Waals surface area contributed by atoms with Crippen molar-refractivity contribution in [1.29, 1.82) is 0 Å². The molecule has 2 aliphatic carbocycles. The molecule has 6 unspecified atom stereocenters. The van der Waals surface area contributed by atoms with Gasteiger partial charge in [-0.2, -0.15) is 0 Å². The van der Waals surface area contributed by atoms with Gasteiger partial charge in [0.25, 0.3) is 0 Å². The van der Waals surface area contributed by atoms with Crippen LogP contribution in [0.1, 0.15) is 32.6 Å². The fourth-order valence-corrected chi connectivity index (χ4v) is 4.56. The molecule has 6 heteroatoms. The number of carbonyl (C=O) groups is 2. The quantitative estimate of drug-likeness (QED) is 0.243. The average Bonchev–Trinajstić information content (AvgIpc) is 3.33. The molecule has 0 saturated heterocycles. The summed E-state index contributed by atoms with van der Waals surface area (Å²) in [6.45, 7) is 13.7.